The Hall–Kier alpha value is -3.10. The number of esters is 1. The molecular formula is C18H24N4O5. The molecular weight excluding hydrogens is 352 g/mol. The van der Waals surface area contributed by atoms with Gasteiger partial charge in [0.1, 0.15) is 6.04 Å². The molecule has 1 atom stereocenters. The second-order valence-corrected chi connectivity index (χ2v) is 5.89. The molecule has 0 aromatic heterocycles. The fourth-order valence-corrected chi connectivity index (χ4v) is 2.71. The lowest BCUT2D eigenvalue weighted by Crippen LogP contribution is -2.60. The molecule has 9 heteroatoms. The molecule has 0 bridgehead atoms. The summed E-state index contributed by atoms with van der Waals surface area (Å²) in [6.07, 6.45) is -0.164. The predicted octanol–water partition coefficient (Wildman–Crippen LogP) is 0.722. The Morgan fingerprint density at radius 1 is 1.22 bits per heavy atom. The molecule has 1 aromatic carbocycles. The summed E-state index contributed by atoms with van der Waals surface area (Å²) < 4.78 is 4.90. The molecule has 1 saturated heterocycles. The van der Waals surface area contributed by atoms with Crippen LogP contribution < -0.4 is 16.0 Å². The van der Waals surface area contributed by atoms with Crippen molar-refractivity contribution in [1.82, 2.24) is 15.5 Å². The van der Waals surface area contributed by atoms with Crippen molar-refractivity contribution in [1.29, 1.82) is 0 Å². The van der Waals surface area contributed by atoms with Crippen LogP contribution >= 0.6 is 0 Å². The van der Waals surface area contributed by atoms with Crippen molar-refractivity contribution in [3.8, 4) is 0 Å². The molecule has 1 fully saturated rings. The third-order valence-electron chi connectivity index (χ3n) is 3.98. The molecule has 2 rings (SSSR count). The standard InChI is InChI=1S/C18H24N4O5/c1-3-19-18(26)22-10-9-20-16(24)14(22)11-15(23)21-13-7-5-12(6-8-13)17(25)27-4-2/h5-8,14H,3-4,9-11H2,1-2H3,(H,19,26)(H,20,24)(H,21,23)/t14-/m0/s1. The van der Waals surface area contributed by atoms with E-state index in [1.807, 2.05) is 0 Å². The Bertz CT molecular complexity index is 704. The number of nitrogens with one attached hydrogen (secondary N) is 3. The highest BCUT2D eigenvalue weighted by atomic mass is 16.5. The van der Waals surface area contributed by atoms with Gasteiger partial charge in [0.2, 0.25) is 11.8 Å². The van der Waals surface area contributed by atoms with Crippen LogP contribution in [0, 0.1) is 0 Å². The first-order chi connectivity index (χ1) is 13.0. The number of rotatable bonds is 6. The van der Waals surface area contributed by atoms with E-state index in [4.69, 9.17) is 4.74 Å². The van der Waals surface area contributed by atoms with Crippen LogP contribution in [0.2, 0.25) is 0 Å². The third kappa shape index (κ3) is 5.44. The quantitative estimate of drug-likeness (QED) is 0.633. The van der Waals surface area contributed by atoms with Gasteiger partial charge in [0.15, 0.2) is 0 Å². The number of carbonyl (C=O) groups excluding carboxylic acids is 4. The highest BCUT2D eigenvalue weighted by Gasteiger charge is 2.34. The van der Waals surface area contributed by atoms with E-state index in [2.05, 4.69) is 16.0 Å². The number of carbonyl (C=O) groups is 4. The monoisotopic (exact) mass is 376 g/mol. The zero-order valence-corrected chi connectivity index (χ0v) is 15.4. The zero-order valence-electron chi connectivity index (χ0n) is 15.4. The number of urea groups is 1. The van der Waals surface area contributed by atoms with Gasteiger partial charge in [-0.05, 0) is 38.1 Å². The van der Waals surface area contributed by atoms with Gasteiger partial charge in [0.05, 0.1) is 18.6 Å². The van der Waals surface area contributed by atoms with Crippen molar-refractivity contribution < 1.29 is 23.9 Å². The van der Waals surface area contributed by atoms with Gasteiger partial charge >= 0.3 is 12.0 Å². The lowest BCUT2D eigenvalue weighted by atomic mass is 10.1. The molecule has 0 saturated carbocycles. The minimum atomic E-state index is -0.871. The summed E-state index contributed by atoms with van der Waals surface area (Å²) in [5.74, 6) is -1.21. The highest BCUT2D eigenvalue weighted by molar-refractivity contribution is 5.97. The third-order valence-corrected chi connectivity index (χ3v) is 3.98. The fourth-order valence-electron chi connectivity index (χ4n) is 2.71. The van der Waals surface area contributed by atoms with Crippen LogP contribution in [0.25, 0.3) is 0 Å². The zero-order chi connectivity index (χ0) is 19.8. The minimum Gasteiger partial charge on any atom is -0.462 e. The molecule has 9 nitrogen and oxygen atoms in total. The van der Waals surface area contributed by atoms with E-state index in [9.17, 15) is 19.2 Å². The Kier molecular flexibility index (Phi) is 7.16. The fraction of sp³-hybridized carbons (Fsp3) is 0.444. The molecule has 0 unspecified atom stereocenters. The summed E-state index contributed by atoms with van der Waals surface area (Å²) in [5.41, 5.74) is 0.859. The second kappa shape index (κ2) is 9.56. The Labute approximate surface area is 157 Å². The first kappa shape index (κ1) is 20.2. The summed E-state index contributed by atoms with van der Waals surface area (Å²) in [6.45, 7) is 4.90. The van der Waals surface area contributed by atoms with E-state index in [1.165, 1.54) is 4.90 Å². The van der Waals surface area contributed by atoms with Crippen LogP contribution in [0.1, 0.15) is 30.6 Å². The van der Waals surface area contributed by atoms with Gasteiger partial charge in [-0.15, -0.1) is 0 Å². The van der Waals surface area contributed by atoms with Crippen molar-refractivity contribution in [2.45, 2.75) is 26.3 Å². The van der Waals surface area contributed by atoms with Gasteiger partial charge in [-0.2, -0.15) is 0 Å². The normalized spacial score (nSPS) is 16.3. The van der Waals surface area contributed by atoms with Crippen LogP contribution in [0.3, 0.4) is 0 Å². The average molecular weight is 376 g/mol. The van der Waals surface area contributed by atoms with E-state index in [-0.39, 0.29) is 25.0 Å². The van der Waals surface area contributed by atoms with Gasteiger partial charge in [0, 0.05) is 25.3 Å². The lowest BCUT2D eigenvalue weighted by molar-refractivity contribution is -0.131. The first-order valence-corrected chi connectivity index (χ1v) is 8.85. The molecule has 1 heterocycles. The van der Waals surface area contributed by atoms with Gasteiger partial charge < -0.3 is 25.6 Å². The van der Waals surface area contributed by atoms with Crippen LogP contribution in [0.4, 0.5) is 10.5 Å². The van der Waals surface area contributed by atoms with Crippen LogP contribution in [-0.4, -0.2) is 61.0 Å². The number of hydrogen-bond acceptors (Lipinski definition) is 5. The van der Waals surface area contributed by atoms with Crippen LogP contribution in [0.5, 0.6) is 0 Å². The van der Waals surface area contributed by atoms with E-state index in [1.54, 1.807) is 38.1 Å². The average Bonchev–Trinajstić information content (AvgIpc) is 2.64. The highest BCUT2D eigenvalue weighted by Crippen LogP contribution is 2.14. The van der Waals surface area contributed by atoms with Crippen molar-refractivity contribution >= 4 is 29.5 Å². The molecule has 4 amide bonds. The smallest absolute Gasteiger partial charge is 0.338 e. The number of ether oxygens (including phenoxy) is 1. The topological polar surface area (TPSA) is 117 Å². The van der Waals surface area contributed by atoms with Crippen molar-refractivity contribution in [3.05, 3.63) is 29.8 Å². The maximum atomic E-state index is 12.3. The molecule has 1 aromatic rings. The molecule has 1 aliphatic heterocycles. The summed E-state index contributed by atoms with van der Waals surface area (Å²) in [4.78, 5) is 49.6. The van der Waals surface area contributed by atoms with E-state index < -0.39 is 17.9 Å². The van der Waals surface area contributed by atoms with Crippen molar-refractivity contribution in [2.24, 2.45) is 0 Å². The molecule has 0 radical (unpaired) electrons. The molecule has 0 aliphatic carbocycles. The number of piperazine rings is 1. The molecule has 3 N–H and O–H groups in total. The van der Waals surface area contributed by atoms with Crippen LogP contribution in [0.15, 0.2) is 24.3 Å². The maximum absolute atomic E-state index is 12.3. The van der Waals surface area contributed by atoms with E-state index in [0.717, 1.165) is 0 Å². The number of hydrogen-bond donors (Lipinski definition) is 3. The Morgan fingerprint density at radius 3 is 2.56 bits per heavy atom. The first-order valence-electron chi connectivity index (χ1n) is 8.85. The van der Waals surface area contributed by atoms with Gasteiger partial charge in [-0.3, -0.25) is 9.59 Å². The van der Waals surface area contributed by atoms with Gasteiger partial charge in [-0.1, -0.05) is 0 Å². The number of amides is 4. The number of nitrogens with zero attached hydrogens (tertiary/aromatic N) is 1. The summed E-state index contributed by atoms with van der Waals surface area (Å²) in [7, 11) is 0. The lowest BCUT2D eigenvalue weighted by Gasteiger charge is -2.34. The SMILES string of the molecule is CCNC(=O)N1CCNC(=O)[C@@H]1CC(=O)Nc1ccc(C(=O)OCC)cc1. The number of benzene rings is 1. The summed E-state index contributed by atoms with van der Waals surface area (Å²) in [6, 6.07) is 5.00. The van der Waals surface area contributed by atoms with Gasteiger partial charge in [-0.25, -0.2) is 9.59 Å². The molecule has 0 spiro atoms. The van der Waals surface area contributed by atoms with Gasteiger partial charge in [0.25, 0.3) is 0 Å². The Morgan fingerprint density at radius 2 is 1.93 bits per heavy atom. The second-order valence-electron chi connectivity index (χ2n) is 5.89. The van der Waals surface area contributed by atoms with E-state index >= 15 is 0 Å². The van der Waals surface area contributed by atoms with Crippen molar-refractivity contribution in [2.75, 3.05) is 31.6 Å². The molecule has 1 aliphatic rings. The largest absolute Gasteiger partial charge is 0.462 e. The predicted molar refractivity (Wildman–Crippen MR) is 98.2 cm³/mol. The Balaban J connectivity index is 1.99. The summed E-state index contributed by atoms with van der Waals surface area (Å²) >= 11 is 0. The van der Waals surface area contributed by atoms with Crippen LogP contribution in [-0.2, 0) is 14.3 Å². The minimum absolute atomic E-state index is 0.164. The number of anilines is 1. The molecule has 27 heavy (non-hydrogen) atoms. The summed E-state index contributed by atoms with van der Waals surface area (Å²) in [5, 5.41) is 7.99. The maximum Gasteiger partial charge on any atom is 0.338 e. The molecule has 146 valence electrons. The van der Waals surface area contributed by atoms with E-state index in [0.29, 0.717) is 30.9 Å². The van der Waals surface area contributed by atoms with Crippen molar-refractivity contribution in [3.63, 3.8) is 0 Å².